The lowest BCUT2D eigenvalue weighted by molar-refractivity contribution is 0.0600. The van der Waals surface area contributed by atoms with Gasteiger partial charge in [0.1, 0.15) is 6.61 Å². The van der Waals surface area contributed by atoms with Crippen LogP contribution in [0.25, 0.3) is 0 Å². The number of hydrogen-bond acceptors (Lipinski definition) is 9. The van der Waals surface area contributed by atoms with Crippen LogP contribution in [0.3, 0.4) is 0 Å². The van der Waals surface area contributed by atoms with E-state index in [0.29, 0.717) is 5.75 Å². The van der Waals surface area contributed by atoms with Gasteiger partial charge in [-0.15, -0.1) is 0 Å². The Morgan fingerprint density at radius 1 is 1.06 bits per heavy atom. The molecule has 0 saturated heterocycles. The lowest BCUT2D eigenvalue weighted by Crippen LogP contribution is -2.16. The van der Waals surface area contributed by atoms with Gasteiger partial charge in [-0.1, -0.05) is 32.0 Å². The molecule has 36 heavy (non-hydrogen) atoms. The molecule has 0 aliphatic rings. The molecule has 0 aliphatic carbocycles. The van der Waals surface area contributed by atoms with Gasteiger partial charge in [-0.25, -0.2) is 9.78 Å². The second kappa shape index (κ2) is 11.7. The maximum Gasteiger partial charge on any atom is 0.338 e. The highest BCUT2D eigenvalue weighted by Gasteiger charge is 2.25. The highest BCUT2D eigenvalue weighted by atomic mass is 32.2. The van der Waals surface area contributed by atoms with Crippen LogP contribution in [-0.4, -0.2) is 51.9 Å². The van der Waals surface area contributed by atoms with E-state index < -0.39 is 16.0 Å². The minimum absolute atomic E-state index is 0.00123. The van der Waals surface area contributed by atoms with Gasteiger partial charge in [0.2, 0.25) is 0 Å². The van der Waals surface area contributed by atoms with Gasteiger partial charge in [0.25, 0.3) is 10.0 Å². The Balaban J connectivity index is 2.14. The van der Waals surface area contributed by atoms with Crippen molar-refractivity contribution in [3.05, 3.63) is 65.9 Å². The molecular weight excluding hydrogens is 488 g/mol. The topological polar surface area (TPSA) is 133 Å². The van der Waals surface area contributed by atoms with E-state index in [9.17, 15) is 18.3 Å². The fraction of sp³-hybridized carbons (Fsp3) is 0.280. The van der Waals surface area contributed by atoms with Gasteiger partial charge < -0.3 is 24.1 Å². The Morgan fingerprint density at radius 3 is 2.36 bits per heavy atom. The third-order valence-corrected chi connectivity index (χ3v) is 6.33. The van der Waals surface area contributed by atoms with Crippen molar-refractivity contribution in [2.24, 2.45) is 0 Å². The van der Waals surface area contributed by atoms with Crippen LogP contribution in [-0.2, 0) is 14.8 Å². The van der Waals surface area contributed by atoms with Crippen LogP contribution >= 0.6 is 0 Å². The average molecular weight is 517 g/mol. The summed E-state index contributed by atoms with van der Waals surface area (Å²) in [6.07, 6.45) is 1.49. The molecule has 0 amide bonds. The van der Waals surface area contributed by atoms with E-state index >= 15 is 0 Å². The number of hydrogen-bond donors (Lipinski definition) is 2. The first-order valence-electron chi connectivity index (χ1n) is 11.0. The number of aliphatic hydroxyl groups excluding tert-OH is 1. The Labute approximate surface area is 209 Å². The quantitative estimate of drug-likeness (QED) is 0.363. The van der Waals surface area contributed by atoms with Gasteiger partial charge in [-0.2, -0.15) is 8.42 Å². The lowest BCUT2D eigenvalue weighted by atomic mass is 10.1. The second-order valence-corrected chi connectivity index (χ2v) is 9.49. The highest BCUT2D eigenvalue weighted by molar-refractivity contribution is 7.92. The maximum atomic E-state index is 13.2. The third-order valence-electron chi connectivity index (χ3n) is 5.05. The normalized spacial score (nSPS) is 11.2. The molecule has 1 heterocycles. The number of anilines is 1. The summed E-state index contributed by atoms with van der Waals surface area (Å²) in [4.78, 5) is 16.4. The van der Waals surface area contributed by atoms with E-state index in [4.69, 9.17) is 18.9 Å². The Bertz CT molecular complexity index is 1310. The summed E-state index contributed by atoms with van der Waals surface area (Å²) in [5, 5.41) is 9.06. The molecule has 0 unspecified atom stereocenters. The summed E-state index contributed by atoms with van der Waals surface area (Å²) in [5.41, 5.74) is 0.770. The van der Waals surface area contributed by atoms with Gasteiger partial charge >= 0.3 is 5.97 Å². The van der Waals surface area contributed by atoms with Crippen molar-refractivity contribution in [2.45, 2.75) is 24.8 Å². The molecule has 3 aromatic rings. The van der Waals surface area contributed by atoms with Crippen LogP contribution in [0.15, 0.2) is 59.8 Å². The number of aromatic nitrogens is 1. The third kappa shape index (κ3) is 6.23. The summed E-state index contributed by atoms with van der Waals surface area (Å²) in [7, 11) is -1.55. The predicted octanol–water partition coefficient (Wildman–Crippen LogP) is 3.96. The zero-order valence-electron chi connectivity index (χ0n) is 20.3. The fourth-order valence-corrected chi connectivity index (χ4v) is 4.17. The molecule has 3 rings (SSSR count). The number of carbonyl (C=O) groups excluding carboxylic acids is 1. The minimum Gasteiger partial charge on any atom is -0.493 e. The number of esters is 1. The van der Waals surface area contributed by atoms with Crippen molar-refractivity contribution in [3.63, 3.8) is 0 Å². The van der Waals surface area contributed by atoms with E-state index in [1.54, 1.807) is 30.3 Å². The van der Waals surface area contributed by atoms with Crippen molar-refractivity contribution >= 4 is 21.7 Å². The van der Waals surface area contributed by atoms with E-state index in [-0.39, 0.29) is 52.7 Å². The zero-order valence-corrected chi connectivity index (χ0v) is 21.2. The molecule has 0 aliphatic heterocycles. The molecular formula is C25H28N2O8S. The molecule has 0 spiro atoms. The first kappa shape index (κ1) is 26.8. The van der Waals surface area contributed by atoms with Crippen molar-refractivity contribution < 1.29 is 37.3 Å². The van der Waals surface area contributed by atoms with Crippen LogP contribution in [0.4, 0.5) is 5.69 Å². The van der Waals surface area contributed by atoms with Crippen molar-refractivity contribution in [1.29, 1.82) is 0 Å². The van der Waals surface area contributed by atoms with E-state index in [1.165, 1.54) is 38.6 Å². The van der Waals surface area contributed by atoms with Crippen LogP contribution < -0.4 is 18.9 Å². The van der Waals surface area contributed by atoms with E-state index in [0.717, 1.165) is 5.56 Å². The minimum atomic E-state index is -4.20. The van der Waals surface area contributed by atoms with Crippen molar-refractivity contribution in [1.82, 2.24) is 4.98 Å². The number of methoxy groups -OCH3 is 2. The smallest absolute Gasteiger partial charge is 0.338 e. The summed E-state index contributed by atoms with van der Waals surface area (Å²) in [5.74, 6) is 0.0298. The van der Waals surface area contributed by atoms with Crippen molar-refractivity contribution in [3.8, 4) is 23.0 Å². The number of benzene rings is 2. The van der Waals surface area contributed by atoms with Crippen LogP contribution in [0.1, 0.15) is 35.7 Å². The SMILES string of the molecule is COC(=O)c1cc(NS(=O)(=O)c2ccc(C(C)C)cn2)c(Oc2ccccc2OC)c(OCCO)c1. The molecule has 0 atom stereocenters. The largest absolute Gasteiger partial charge is 0.493 e. The first-order chi connectivity index (χ1) is 17.2. The number of ether oxygens (including phenoxy) is 4. The van der Waals surface area contributed by atoms with Gasteiger partial charge in [-0.05, 0) is 41.8 Å². The predicted molar refractivity (Wildman–Crippen MR) is 133 cm³/mol. The Kier molecular flexibility index (Phi) is 8.73. The number of carbonyl (C=O) groups is 1. The fourth-order valence-electron chi connectivity index (χ4n) is 3.18. The van der Waals surface area contributed by atoms with Crippen LogP contribution in [0, 0.1) is 0 Å². The summed E-state index contributed by atoms with van der Waals surface area (Å²) < 4.78 is 50.7. The van der Waals surface area contributed by atoms with Crippen LogP contribution in [0.5, 0.6) is 23.0 Å². The Hall–Kier alpha value is -3.83. The van der Waals surface area contributed by atoms with E-state index in [1.807, 2.05) is 13.8 Å². The molecule has 0 fully saturated rings. The number of sulfonamides is 1. The van der Waals surface area contributed by atoms with E-state index in [2.05, 4.69) is 9.71 Å². The second-order valence-electron chi connectivity index (χ2n) is 7.86. The summed E-state index contributed by atoms with van der Waals surface area (Å²) in [6.45, 7) is 3.47. The monoisotopic (exact) mass is 516 g/mol. The van der Waals surface area contributed by atoms with Gasteiger partial charge in [0.05, 0.1) is 32.1 Å². The highest BCUT2D eigenvalue weighted by Crippen LogP contribution is 2.43. The first-order valence-corrected chi connectivity index (χ1v) is 12.5. The van der Waals surface area contributed by atoms with Crippen LogP contribution in [0.2, 0.25) is 0 Å². The molecule has 0 saturated carbocycles. The molecule has 10 nitrogen and oxygen atoms in total. The molecule has 1 aromatic heterocycles. The summed E-state index contributed by atoms with van der Waals surface area (Å²) in [6, 6.07) is 12.4. The number of aliphatic hydroxyl groups is 1. The number of rotatable bonds is 11. The standard InChI is InChI=1S/C25H28N2O8S/c1-16(2)17-9-10-23(26-15-17)36(30,31)27-19-13-18(25(29)33-4)14-22(34-12-11-28)24(19)35-21-8-6-5-7-20(21)32-3/h5-10,13-16,27-28H,11-12H2,1-4H3. The van der Waals surface area contributed by atoms with Crippen molar-refractivity contribution in [2.75, 3.05) is 32.2 Å². The van der Waals surface area contributed by atoms with Gasteiger partial charge in [0, 0.05) is 6.20 Å². The molecule has 192 valence electrons. The number of nitrogens with one attached hydrogen (secondary N) is 1. The number of pyridine rings is 1. The zero-order chi connectivity index (χ0) is 26.3. The molecule has 0 radical (unpaired) electrons. The van der Waals surface area contributed by atoms with Gasteiger partial charge in [-0.3, -0.25) is 4.72 Å². The lowest BCUT2D eigenvalue weighted by Gasteiger charge is -2.19. The molecule has 2 aromatic carbocycles. The summed E-state index contributed by atoms with van der Waals surface area (Å²) >= 11 is 0. The Morgan fingerprint density at radius 2 is 1.78 bits per heavy atom. The number of para-hydroxylation sites is 2. The molecule has 2 N–H and O–H groups in total. The molecule has 0 bridgehead atoms. The number of nitrogens with zero attached hydrogens (tertiary/aromatic N) is 1. The van der Waals surface area contributed by atoms with Gasteiger partial charge in [0.15, 0.2) is 28.0 Å². The average Bonchev–Trinajstić information content (AvgIpc) is 2.88. The molecule has 11 heteroatoms. The maximum absolute atomic E-state index is 13.2.